The van der Waals surface area contributed by atoms with E-state index in [1.807, 2.05) is 13.0 Å². The molecule has 0 saturated carbocycles. The predicted molar refractivity (Wildman–Crippen MR) is 93.3 cm³/mol. The number of ether oxygens (including phenoxy) is 3. The van der Waals surface area contributed by atoms with E-state index in [0.29, 0.717) is 12.0 Å². The van der Waals surface area contributed by atoms with Crippen LogP contribution in [-0.2, 0) is 19.0 Å². The van der Waals surface area contributed by atoms with Crippen LogP contribution in [-0.4, -0.2) is 47.9 Å². The average Bonchev–Trinajstić information content (AvgIpc) is 2.93. The van der Waals surface area contributed by atoms with E-state index < -0.39 is 29.7 Å². The normalized spacial score (nSPS) is 18.2. The Morgan fingerprint density at radius 3 is 2.54 bits per heavy atom. The van der Waals surface area contributed by atoms with Gasteiger partial charge in [-0.15, -0.1) is 0 Å². The van der Waals surface area contributed by atoms with Crippen LogP contribution in [0.3, 0.4) is 0 Å². The molecule has 26 heavy (non-hydrogen) atoms. The Hall–Kier alpha value is -2.57. The molecule has 142 valence electrons. The second kappa shape index (κ2) is 8.21. The predicted octanol–water partition coefficient (Wildman–Crippen LogP) is 2.99. The van der Waals surface area contributed by atoms with Gasteiger partial charge >= 0.3 is 18.0 Å². The van der Waals surface area contributed by atoms with E-state index in [2.05, 4.69) is 0 Å². The number of cyclic esters (lactones) is 1. The Balaban J connectivity index is 1.89. The molecule has 1 fully saturated rings. The number of hydrogen-bond acceptors (Lipinski definition) is 6. The topological polar surface area (TPSA) is 82.1 Å². The second-order valence-electron chi connectivity index (χ2n) is 7.36. The Labute approximate surface area is 153 Å². The van der Waals surface area contributed by atoms with Crippen molar-refractivity contribution < 1.29 is 28.6 Å². The van der Waals surface area contributed by atoms with Gasteiger partial charge < -0.3 is 14.2 Å². The highest BCUT2D eigenvalue weighted by molar-refractivity contribution is 5.89. The lowest BCUT2D eigenvalue weighted by Gasteiger charge is -2.26. The number of nitrogens with zero attached hydrogens (tertiary/aromatic N) is 1. The third kappa shape index (κ3) is 5.47. The highest BCUT2D eigenvalue weighted by Crippen LogP contribution is 2.22. The van der Waals surface area contributed by atoms with Gasteiger partial charge in [0.25, 0.3) is 0 Å². The molecule has 1 saturated heterocycles. The minimum absolute atomic E-state index is 0.130. The van der Waals surface area contributed by atoms with Gasteiger partial charge in [-0.1, -0.05) is 25.1 Å². The number of benzene rings is 1. The van der Waals surface area contributed by atoms with Crippen molar-refractivity contribution in [2.24, 2.45) is 5.92 Å². The van der Waals surface area contributed by atoms with Crippen LogP contribution in [0.25, 0.3) is 0 Å². The maximum Gasteiger partial charge on any atom is 0.413 e. The number of esters is 2. The summed E-state index contributed by atoms with van der Waals surface area (Å²) in [5.41, 5.74) is -0.195. The van der Waals surface area contributed by atoms with Crippen LogP contribution in [0.4, 0.5) is 4.79 Å². The van der Waals surface area contributed by atoms with Crippen LogP contribution in [0, 0.1) is 5.92 Å². The van der Waals surface area contributed by atoms with E-state index in [1.165, 1.54) is 4.90 Å². The Bertz CT molecular complexity index is 652. The molecule has 2 atom stereocenters. The number of hydrogen-bond donors (Lipinski definition) is 0. The van der Waals surface area contributed by atoms with Crippen molar-refractivity contribution >= 4 is 18.0 Å². The number of rotatable bonds is 5. The SMILES string of the molecule is C[C@@H](COC(=O)c1ccccc1)C[C@H]1C(=O)OCN1C(=O)OC(C)(C)C. The summed E-state index contributed by atoms with van der Waals surface area (Å²) in [7, 11) is 0. The summed E-state index contributed by atoms with van der Waals surface area (Å²) < 4.78 is 15.6. The van der Waals surface area contributed by atoms with Crippen molar-refractivity contribution in [3.63, 3.8) is 0 Å². The molecule has 1 aliphatic rings. The van der Waals surface area contributed by atoms with Crippen molar-refractivity contribution in [2.75, 3.05) is 13.3 Å². The lowest BCUT2D eigenvalue weighted by Crippen LogP contribution is -2.42. The molecule has 1 heterocycles. The highest BCUT2D eigenvalue weighted by atomic mass is 16.6. The minimum Gasteiger partial charge on any atom is -0.462 e. The summed E-state index contributed by atoms with van der Waals surface area (Å²) in [6, 6.07) is 7.93. The quantitative estimate of drug-likeness (QED) is 0.591. The molecule has 0 spiro atoms. The van der Waals surface area contributed by atoms with Gasteiger partial charge in [-0.05, 0) is 45.2 Å². The maximum atomic E-state index is 12.2. The third-order valence-corrected chi connectivity index (χ3v) is 3.76. The van der Waals surface area contributed by atoms with Crippen molar-refractivity contribution in [1.82, 2.24) is 4.90 Å². The van der Waals surface area contributed by atoms with Crippen LogP contribution in [0.5, 0.6) is 0 Å². The zero-order chi connectivity index (χ0) is 19.3. The van der Waals surface area contributed by atoms with Crippen LogP contribution >= 0.6 is 0 Å². The number of carbonyl (C=O) groups excluding carboxylic acids is 3. The summed E-state index contributed by atoms with van der Waals surface area (Å²) in [5, 5.41) is 0. The molecule has 0 unspecified atom stereocenters. The van der Waals surface area contributed by atoms with Crippen LogP contribution in [0.1, 0.15) is 44.5 Å². The standard InChI is InChI=1S/C19H25NO6/c1-13(11-24-16(21)14-8-6-5-7-9-14)10-15-17(22)25-12-20(15)18(23)26-19(2,3)4/h5-9,13,15H,10-12H2,1-4H3/t13-,15+/m1/s1. The number of amides is 1. The fourth-order valence-electron chi connectivity index (χ4n) is 2.50. The van der Waals surface area contributed by atoms with Gasteiger partial charge in [-0.2, -0.15) is 0 Å². The molecule has 0 N–H and O–H groups in total. The summed E-state index contributed by atoms with van der Waals surface area (Å²) in [6.45, 7) is 7.12. The van der Waals surface area contributed by atoms with Gasteiger partial charge in [0, 0.05) is 0 Å². The van der Waals surface area contributed by atoms with Gasteiger partial charge in [0.2, 0.25) is 0 Å². The van der Waals surface area contributed by atoms with Gasteiger partial charge in [0.05, 0.1) is 12.2 Å². The maximum absolute atomic E-state index is 12.2. The first kappa shape index (κ1) is 19.8. The van der Waals surface area contributed by atoms with Crippen molar-refractivity contribution in [1.29, 1.82) is 0 Å². The largest absolute Gasteiger partial charge is 0.462 e. The first-order valence-corrected chi connectivity index (χ1v) is 8.56. The molecule has 7 heteroatoms. The van der Waals surface area contributed by atoms with Gasteiger partial charge in [-0.3, -0.25) is 4.90 Å². The molecular weight excluding hydrogens is 338 g/mol. The van der Waals surface area contributed by atoms with Gasteiger partial charge in [0.15, 0.2) is 6.73 Å². The van der Waals surface area contributed by atoms with Crippen LogP contribution < -0.4 is 0 Å². The molecule has 0 aliphatic carbocycles. The monoisotopic (exact) mass is 363 g/mol. The zero-order valence-electron chi connectivity index (χ0n) is 15.6. The van der Waals surface area contributed by atoms with E-state index >= 15 is 0 Å². The molecule has 2 rings (SSSR count). The van der Waals surface area contributed by atoms with E-state index in [0.717, 1.165) is 0 Å². The lowest BCUT2D eigenvalue weighted by molar-refractivity contribution is -0.139. The van der Waals surface area contributed by atoms with E-state index in [-0.39, 0.29) is 19.3 Å². The molecule has 0 bridgehead atoms. The molecule has 1 amide bonds. The van der Waals surface area contributed by atoms with Gasteiger partial charge in [0.1, 0.15) is 11.6 Å². The van der Waals surface area contributed by atoms with Crippen molar-refractivity contribution in [3.05, 3.63) is 35.9 Å². The summed E-state index contributed by atoms with van der Waals surface area (Å²) in [4.78, 5) is 37.5. The summed E-state index contributed by atoms with van der Waals surface area (Å²) in [5.74, 6) is -1.03. The minimum atomic E-state index is -0.740. The van der Waals surface area contributed by atoms with E-state index in [9.17, 15) is 14.4 Å². The molecule has 0 aromatic heterocycles. The Kier molecular flexibility index (Phi) is 6.23. The summed E-state index contributed by atoms with van der Waals surface area (Å²) >= 11 is 0. The molecule has 1 aromatic rings. The van der Waals surface area contributed by atoms with Crippen LogP contribution in [0.2, 0.25) is 0 Å². The molecule has 1 aliphatic heterocycles. The average molecular weight is 363 g/mol. The zero-order valence-corrected chi connectivity index (χ0v) is 15.6. The number of carbonyl (C=O) groups is 3. The smallest absolute Gasteiger partial charge is 0.413 e. The van der Waals surface area contributed by atoms with Crippen LogP contribution in [0.15, 0.2) is 30.3 Å². The fourth-order valence-corrected chi connectivity index (χ4v) is 2.50. The van der Waals surface area contributed by atoms with E-state index in [4.69, 9.17) is 14.2 Å². The molecule has 7 nitrogen and oxygen atoms in total. The first-order chi connectivity index (χ1) is 12.2. The first-order valence-electron chi connectivity index (χ1n) is 8.56. The molecule has 0 radical (unpaired) electrons. The fraction of sp³-hybridized carbons (Fsp3) is 0.526. The Morgan fingerprint density at radius 1 is 1.27 bits per heavy atom. The molecule has 1 aromatic carbocycles. The third-order valence-electron chi connectivity index (χ3n) is 3.76. The van der Waals surface area contributed by atoms with Gasteiger partial charge in [-0.25, -0.2) is 14.4 Å². The van der Waals surface area contributed by atoms with E-state index in [1.54, 1.807) is 45.0 Å². The van der Waals surface area contributed by atoms with Crippen molar-refractivity contribution in [3.8, 4) is 0 Å². The molecular formula is C19H25NO6. The highest BCUT2D eigenvalue weighted by Gasteiger charge is 2.40. The Morgan fingerprint density at radius 2 is 1.92 bits per heavy atom. The lowest BCUT2D eigenvalue weighted by atomic mass is 10.0. The summed E-state index contributed by atoms with van der Waals surface area (Å²) in [6.07, 6.45) is -0.276. The van der Waals surface area contributed by atoms with Crippen molar-refractivity contribution in [2.45, 2.75) is 45.8 Å². The second-order valence-corrected chi connectivity index (χ2v) is 7.36.